The first-order valence-corrected chi connectivity index (χ1v) is 4.26. The molecule has 1 aromatic carbocycles. The SMILES string of the molecule is [CH]c1cccc(OC(C)=O)c1OC(C)=O. The Hall–Kier alpha value is -1.84. The zero-order chi connectivity index (χ0) is 11.4. The summed E-state index contributed by atoms with van der Waals surface area (Å²) in [5.74, 6) is -0.826. The van der Waals surface area contributed by atoms with Gasteiger partial charge in [-0.2, -0.15) is 0 Å². The van der Waals surface area contributed by atoms with Crippen LogP contribution < -0.4 is 9.47 Å². The van der Waals surface area contributed by atoms with Gasteiger partial charge >= 0.3 is 11.9 Å². The number of carbonyl (C=O) groups is 2. The van der Waals surface area contributed by atoms with Gasteiger partial charge in [-0.15, -0.1) is 0 Å². The largest absolute Gasteiger partial charge is 0.423 e. The summed E-state index contributed by atoms with van der Waals surface area (Å²) in [6.45, 7) is 8.07. The Kier molecular flexibility index (Phi) is 3.44. The van der Waals surface area contributed by atoms with Crippen LogP contribution in [0.3, 0.4) is 0 Å². The molecule has 0 aromatic heterocycles. The lowest BCUT2D eigenvalue weighted by atomic mass is 10.2. The van der Waals surface area contributed by atoms with Crippen LogP contribution in [0.1, 0.15) is 19.4 Å². The molecule has 4 nitrogen and oxygen atoms in total. The van der Waals surface area contributed by atoms with Gasteiger partial charge in [0.2, 0.25) is 0 Å². The highest BCUT2D eigenvalue weighted by Crippen LogP contribution is 2.30. The lowest BCUT2D eigenvalue weighted by molar-refractivity contribution is -0.134. The normalized spacial score (nSPS) is 9.53. The minimum absolute atomic E-state index is 0.0696. The monoisotopic (exact) mass is 206 g/mol. The first-order valence-electron chi connectivity index (χ1n) is 4.26. The van der Waals surface area contributed by atoms with Gasteiger partial charge < -0.3 is 9.47 Å². The van der Waals surface area contributed by atoms with Crippen molar-refractivity contribution < 1.29 is 19.1 Å². The summed E-state index contributed by atoms with van der Waals surface area (Å²) in [7, 11) is 0. The van der Waals surface area contributed by atoms with E-state index in [1.54, 1.807) is 12.1 Å². The Balaban J connectivity index is 3.08. The number of hydrogen-bond acceptors (Lipinski definition) is 4. The topological polar surface area (TPSA) is 52.6 Å². The molecule has 0 amide bonds. The number of esters is 2. The smallest absolute Gasteiger partial charge is 0.308 e. The van der Waals surface area contributed by atoms with Crippen LogP contribution in [0.25, 0.3) is 0 Å². The van der Waals surface area contributed by atoms with Crippen molar-refractivity contribution in [1.29, 1.82) is 0 Å². The Morgan fingerprint density at radius 1 is 1.13 bits per heavy atom. The van der Waals surface area contributed by atoms with E-state index >= 15 is 0 Å². The molecule has 2 radical (unpaired) electrons. The van der Waals surface area contributed by atoms with Gasteiger partial charge in [0.25, 0.3) is 0 Å². The van der Waals surface area contributed by atoms with Crippen LogP contribution in [0.4, 0.5) is 0 Å². The third-order valence-corrected chi connectivity index (χ3v) is 1.51. The highest BCUT2D eigenvalue weighted by Gasteiger charge is 2.12. The van der Waals surface area contributed by atoms with Gasteiger partial charge in [0, 0.05) is 26.3 Å². The zero-order valence-electron chi connectivity index (χ0n) is 8.44. The van der Waals surface area contributed by atoms with Crippen LogP contribution >= 0.6 is 0 Å². The first-order chi connectivity index (χ1) is 7.00. The third-order valence-electron chi connectivity index (χ3n) is 1.51. The molecule has 0 bridgehead atoms. The highest BCUT2D eigenvalue weighted by molar-refractivity contribution is 5.74. The van der Waals surface area contributed by atoms with Gasteiger partial charge in [0.1, 0.15) is 0 Å². The van der Waals surface area contributed by atoms with Crippen LogP contribution in [0.5, 0.6) is 11.5 Å². The van der Waals surface area contributed by atoms with Gasteiger partial charge in [-0.1, -0.05) is 12.1 Å². The van der Waals surface area contributed by atoms with E-state index < -0.39 is 11.9 Å². The molecule has 0 atom stereocenters. The Morgan fingerprint density at radius 3 is 2.27 bits per heavy atom. The van der Waals surface area contributed by atoms with Gasteiger partial charge in [-0.3, -0.25) is 9.59 Å². The molecule has 0 aliphatic rings. The standard InChI is InChI=1S/C11H10O4/c1-7-5-4-6-10(14-8(2)12)11(7)15-9(3)13/h1,4-6H,2-3H3. The van der Waals surface area contributed by atoms with Crippen LogP contribution in [0.15, 0.2) is 18.2 Å². The van der Waals surface area contributed by atoms with Gasteiger partial charge in [0.15, 0.2) is 11.5 Å². The van der Waals surface area contributed by atoms with Crippen LogP contribution in [0, 0.1) is 6.92 Å². The average Bonchev–Trinajstić information content (AvgIpc) is 2.09. The fraction of sp³-hybridized carbons (Fsp3) is 0.182. The lowest BCUT2D eigenvalue weighted by Gasteiger charge is -2.10. The minimum Gasteiger partial charge on any atom is -0.423 e. The van der Waals surface area contributed by atoms with Crippen molar-refractivity contribution in [3.8, 4) is 11.5 Å². The first kappa shape index (κ1) is 11.2. The average molecular weight is 206 g/mol. The molecule has 0 heterocycles. The predicted molar refractivity (Wildman–Crippen MR) is 52.5 cm³/mol. The molecule has 0 unspecified atom stereocenters. The van der Waals surface area contributed by atoms with Gasteiger partial charge in [0.05, 0.1) is 0 Å². The number of ether oxygens (including phenoxy) is 2. The highest BCUT2D eigenvalue weighted by atomic mass is 16.6. The molecule has 0 saturated carbocycles. The fourth-order valence-electron chi connectivity index (χ4n) is 1.02. The molecule has 0 aliphatic heterocycles. The van der Waals surface area contributed by atoms with E-state index in [-0.39, 0.29) is 17.1 Å². The summed E-state index contributed by atoms with van der Waals surface area (Å²) >= 11 is 0. The summed E-state index contributed by atoms with van der Waals surface area (Å²) in [4.78, 5) is 21.5. The molecule has 0 fully saturated rings. The molecule has 15 heavy (non-hydrogen) atoms. The van der Waals surface area contributed by atoms with E-state index in [9.17, 15) is 9.59 Å². The van der Waals surface area contributed by atoms with E-state index in [4.69, 9.17) is 16.4 Å². The molecule has 0 saturated heterocycles. The number of benzene rings is 1. The third kappa shape index (κ3) is 3.09. The summed E-state index contributed by atoms with van der Waals surface area (Å²) < 4.78 is 9.67. The van der Waals surface area contributed by atoms with Crippen molar-refractivity contribution >= 4 is 11.9 Å². The van der Waals surface area contributed by atoms with E-state index in [0.717, 1.165) is 0 Å². The van der Waals surface area contributed by atoms with Crippen molar-refractivity contribution in [3.63, 3.8) is 0 Å². The Bertz CT molecular complexity index is 396. The van der Waals surface area contributed by atoms with Crippen molar-refractivity contribution in [2.45, 2.75) is 13.8 Å². The maximum atomic E-state index is 10.8. The van der Waals surface area contributed by atoms with E-state index in [2.05, 4.69) is 0 Å². The van der Waals surface area contributed by atoms with E-state index in [1.807, 2.05) is 0 Å². The molecular weight excluding hydrogens is 196 g/mol. The van der Waals surface area contributed by atoms with Gasteiger partial charge in [-0.05, 0) is 6.07 Å². The van der Waals surface area contributed by atoms with E-state index in [0.29, 0.717) is 0 Å². The fourth-order valence-corrected chi connectivity index (χ4v) is 1.02. The quantitative estimate of drug-likeness (QED) is 0.544. The predicted octanol–water partition coefficient (Wildman–Crippen LogP) is 1.60. The molecule has 0 aliphatic carbocycles. The molecule has 0 N–H and O–H groups in total. The minimum atomic E-state index is -0.527. The number of rotatable bonds is 2. The van der Waals surface area contributed by atoms with Crippen molar-refractivity contribution in [2.75, 3.05) is 0 Å². The summed E-state index contributed by atoms with van der Waals surface area (Å²) in [5, 5.41) is 0. The zero-order valence-corrected chi connectivity index (χ0v) is 8.44. The van der Waals surface area contributed by atoms with Crippen LogP contribution in [-0.2, 0) is 9.59 Å². The van der Waals surface area contributed by atoms with E-state index in [1.165, 1.54) is 19.9 Å². The summed E-state index contributed by atoms with van der Waals surface area (Å²) in [5.41, 5.74) is 0.240. The Labute approximate surface area is 87.8 Å². The van der Waals surface area contributed by atoms with Crippen LogP contribution in [0.2, 0.25) is 0 Å². The van der Waals surface area contributed by atoms with Crippen LogP contribution in [-0.4, -0.2) is 11.9 Å². The second-order valence-corrected chi connectivity index (χ2v) is 2.86. The summed E-state index contributed by atoms with van der Waals surface area (Å²) in [6, 6.07) is 4.64. The second kappa shape index (κ2) is 4.59. The molecular formula is C11H10O4. The molecule has 4 heteroatoms. The number of hydrogen-bond donors (Lipinski definition) is 0. The van der Waals surface area contributed by atoms with Crippen molar-refractivity contribution in [1.82, 2.24) is 0 Å². The molecule has 78 valence electrons. The molecule has 1 rings (SSSR count). The molecule has 0 spiro atoms. The maximum Gasteiger partial charge on any atom is 0.308 e. The number of carbonyl (C=O) groups excluding carboxylic acids is 2. The van der Waals surface area contributed by atoms with Crippen molar-refractivity contribution in [2.24, 2.45) is 0 Å². The van der Waals surface area contributed by atoms with Crippen molar-refractivity contribution in [3.05, 3.63) is 30.7 Å². The number of para-hydroxylation sites is 1. The lowest BCUT2D eigenvalue weighted by Crippen LogP contribution is -2.08. The second-order valence-electron chi connectivity index (χ2n) is 2.86. The summed E-state index contributed by atoms with van der Waals surface area (Å²) in [6.07, 6.45) is 0. The van der Waals surface area contributed by atoms with Gasteiger partial charge in [-0.25, -0.2) is 0 Å². The maximum absolute atomic E-state index is 10.8. The molecule has 1 aromatic rings. The Morgan fingerprint density at radius 2 is 1.73 bits per heavy atom.